The first kappa shape index (κ1) is 18.0. The Morgan fingerprint density at radius 1 is 1.14 bits per heavy atom. The van der Waals surface area contributed by atoms with Gasteiger partial charge in [-0.3, -0.25) is 4.79 Å². The summed E-state index contributed by atoms with van der Waals surface area (Å²) in [6.45, 7) is 4.62. The molecule has 0 aliphatic carbocycles. The minimum atomic E-state index is -0.0982. The molecule has 0 aliphatic rings. The van der Waals surface area contributed by atoms with Crippen molar-refractivity contribution in [3.05, 3.63) is 83.6 Å². The zero-order valence-corrected chi connectivity index (χ0v) is 16.1. The molecular formula is C22H23N5O. The van der Waals surface area contributed by atoms with Gasteiger partial charge in [0.25, 0.3) is 5.91 Å². The van der Waals surface area contributed by atoms with Crippen LogP contribution in [0, 0.1) is 6.92 Å². The highest BCUT2D eigenvalue weighted by Crippen LogP contribution is 2.16. The van der Waals surface area contributed by atoms with E-state index in [1.807, 2.05) is 70.9 Å². The molecule has 4 aromatic rings. The molecule has 1 aromatic carbocycles. The molecule has 0 spiro atoms. The number of hydrogen-bond donors (Lipinski definition) is 1. The molecule has 3 aromatic heterocycles. The van der Waals surface area contributed by atoms with Gasteiger partial charge in [-0.25, -0.2) is 9.67 Å². The summed E-state index contributed by atoms with van der Waals surface area (Å²) < 4.78 is 3.83. The molecule has 1 amide bonds. The van der Waals surface area contributed by atoms with E-state index in [2.05, 4.69) is 22.3 Å². The quantitative estimate of drug-likeness (QED) is 0.564. The molecule has 142 valence electrons. The number of fused-ring (bicyclic) bond motifs is 1. The van der Waals surface area contributed by atoms with Crippen LogP contribution >= 0.6 is 0 Å². The molecule has 0 unspecified atom stereocenters. The van der Waals surface area contributed by atoms with Crippen LogP contribution in [0.15, 0.2) is 61.1 Å². The third-order valence-electron chi connectivity index (χ3n) is 4.81. The van der Waals surface area contributed by atoms with Gasteiger partial charge < -0.3 is 9.72 Å². The van der Waals surface area contributed by atoms with Gasteiger partial charge in [-0.15, -0.1) is 0 Å². The summed E-state index contributed by atoms with van der Waals surface area (Å²) >= 11 is 0. The maximum atomic E-state index is 12.7. The molecule has 0 saturated heterocycles. The van der Waals surface area contributed by atoms with E-state index < -0.39 is 0 Å². The Morgan fingerprint density at radius 2 is 1.96 bits per heavy atom. The van der Waals surface area contributed by atoms with Gasteiger partial charge in [0.15, 0.2) is 0 Å². The van der Waals surface area contributed by atoms with Crippen LogP contribution in [0.2, 0.25) is 0 Å². The predicted molar refractivity (Wildman–Crippen MR) is 109 cm³/mol. The molecule has 0 radical (unpaired) electrons. The monoisotopic (exact) mass is 373 g/mol. The number of amides is 1. The van der Waals surface area contributed by atoms with E-state index in [9.17, 15) is 4.79 Å². The van der Waals surface area contributed by atoms with Gasteiger partial charge in [0, 0.05) is 25.4 Å². The fraction of sp³-hybridized carbons (Fsp3) is 0.227. The third kappa shape index (κ3) is 3.53. The molecule has 0 aliphatic heterocycles. The Kier molecular flexibility index (Phi) is 4.93. The Morgan fingerprint density at radius 3 is 2.71 bits per heavy atom. The van der Waals surface area contributed by atoms with Crippen molar-refractivity contribution in [2.24, 2.45) is 0 Å². The van der Waals surface area contributed by atoms with Crippen LogP contribution in [0.25, 0.3) is 11.3 Å². The number of rotatable bonds is 6. The fourth-order valence-electron chi connectivity index (χ4n) is 3.32. The molecule has 0 fully saturated rings. The summed E-state index contributed by atoms with van der Waals surface area (Å²) in [7, 11) is 0. The summed E-state index contributed by atoms with van der Waals surface area (Å²) in [6.07, 6.45) is 7.02. The van der Waals surface area contributed by atoms with Crippen molar-refractivity contribution in [2.45, 2.75) is 26.7 Å². The van der Waals surface area contributed by atoms with Crippen molar-refractivity contribution in [3.63, 3.8) is 0 Å². The lowest BCUT2D eigenvalue weighted by Crippen LogP contribution is -2.26. The number of benzene rings is 1. The molecule has 6 nitrogen and oxygen atoms in total. The number of nitrogens with zero attached hydrogens (tertiary/aromatic N) is 4. The zero-order chi connectivity index (χ0) is 19.5. The summed E-state index contributed by atoms with van der Waals surface area (Å²) in [5.41, 5.74) is 5.56. The largest absolute Gasteiger partial charge is 0.352 e. The fourth-order valence-corrected chi connectivity index (χ4v) is 3.32. The van der Waals surface area contributed by atoms with Gasteiger partial charge in [0.1, 0.15) is 5.65 Å². The Bertz CT molecular complexity index is 1070. The van der Waals surface area contributed by atoms with E-state index in [0.717, 1.165) is 29.1 Å². The summed E-state index contributed by atoms with van der Waals surface area (Å²) in [5.74, 6) is -0.0982. The number of aromatic nitrogens is 4. The van der Waals surface area contributed by atoms with Crippen molar-refractivity contribution in [2.75, 3.05) is 6.54 Å². The zero-order valence-electron chi connectivity index (χ0n) is 16.1. The van der Waals surface area contributed by atoms with E-state index in [4.69, 9.17) is 0 Å². The minimum absolute atomic E-state index is 0.0982. The molecule has 0 atom stereocenters. The van der Waals surface area contributed by atoms with Crippen LogP contribution in [0.5, 0.6) is 0 Å². The standard InChI is InChI=1S/C22H23N5O/c1-3-20-19(14-24-27(20)18-9-7-16(2)8-10-18)22(28)23-12-11-17-15-26-13-5-4-6-21(26)25-17/h4-10,13-15H,3,11-12H2,1-2H3,(H,23,28). The van der Waals surface area contributed by atoms with Crippen molar-refractivity contribution >= 4 is 11.6 Å². The highest BCUT2D eigenvalue weighted by atomic mass is 16.1. The van der Waals surface area contributed by atoms with Crippen molar-refractivity contribution in [3.8, 4) is 5.69 Å². The van der Waals surface area contributed by atoms with Crippen LogP contribution < -0.4 is 5.32 Å². The van der Waals surface area contributed by atoms with E-state index in [-0.39, 0.29) is 5.91 Å². The highest BCUT2D eigenvalue weighted by molar-refractivity contribution is 5.95. The van der Waals surface area contributed by atoms with Gasteiger partial charge in [-0.05, 0) is 37.6 Å². The predicted octanol–water partition coefficient (Wildman–Crippen LogP) is 3.36. The Balaban J connectivity index is 1.45. The van der Waals surface area contributed by atoms with Crippen LogP contribution in [0.4, 0.5) is 0 Å². The van der Waals surface area contributed by atoms with Crippen LogP contribution in [-0.2, 0) is 12.8 Å². The SMILES string of the molecule is CCc1c(C(=O)NCCc2cn3ccccc3n2)cnn1-c1ccc(C)cc1. The molecule has 28 heavy (non-hydrogen) atoms. The highest BCUT2D eigenvalue weighted by Gasteiger charge is 2.17. The average Bonchev–Trinajstić information content (AvgIpc) is 3.32. The van der Waals surface area contributed by atoms with E-state index in [1.165, 1.54) is 5.56 Å². The molecule has 3 heterocycles. The van der Waals surface area contributed by atoms with Gasteiger partial charge in [0.2, 0.25) is 0 Å². The number of aryl methyl sites for hydroxylation is 1. The minimum Gasteiger partial charge on any atom is -0.352 e. The normalized spacial score (nSPS) is 11.1. The van der Waals surface area contributed by atoms with Crippen molar-refractivity contribution < 1.29 is 4.79 Å². The smallest absolute Gasteiger partial charge is 0.254 e. The molecular weight excluding hydrogens is 350 g/mol. The topological polar surface area (TPSA) is 64.2 Å². The van der Waals surface area contributed by atoms with Gasteiger partial charge in [-0.1, -0.05) is 30.7 Å². The Labute approximate surface area is 163 Å². The van der Waals surface area contributed by atoms with Gasteiger partial charge in [-0.2, -0.15) is 5.10 Å². The van der Waals surface area contributed by atoms with Gasteiger partial charge >= 0.3 is 0 Å². The first-order chi connectivity index (χ1) is 13.7. The molecule has 6 heteroatoms. The second-order valence-corrected chi connectivity index (χ2v) is 6.81. The van der Waals surface area contributed by atoms with E-state index >= 15 is 0 Å². The van der Waals surface area contributed by atoms with Crippen molar-refractivity contribution in [1.29, 1.82) is 0 Å². The van der Waals surface area contributed by atoms with Crippen LogP contribution in [0.3, 0.4) is 0 Å². The van der Waals surface area contributed by atoms with Crippen LogP contribution in [0.1, 0.15) is 34.2 Å². The lowest BCUT2D eigenvalue weighted by Gasteiger charge is -2.08. The Hall–Kier alpha value is -3.41. The number of pyridine rings is 1. The third-order valence-corrected chi connectivity index (χ3v) is 4.81. The molecule has 1 N–H and O–H groups in total. The second-order valence-electron chi connectivity index (χ2n) is 6.81. The summed E-state index contributed by atoms with van der Waals surface area (Å²) in [5, 5.41) is 7.44. The van der Waals surface area contributed by atoms with Crippen molar-refractivity contribution in [1.82, 2.24) is 24.5 Å². The lowest BCUT2D eigenvalue weighted by atomic mass is 10.1. The first-order valence-electron chi connectivity index (χ1n) is 9.50. The van der Waals surface area contributed by atoms with E-state index in [1.54, 1.807) is 6.20 Å². The van der Waals surface area contributed by atoms with Crippen LogP contribution in [-0.4, -0.2) is 31.6 Å². The number of nitrogens with one attached hydrogen (secondary N) is 1. The summed E-state index contributed by atoms with van der Waals surface area (Å²) in [6, 6.07) is 14.0. The average molecular weight is 373 g/mol. The maximum absolute atomic E-state index is 12.7. The molecule has 4 rings (SSSR count). The van der Waals surface area contributed by atoms with E-state index in [0.29, 0.717) is 18.5 Å². The molecule has 0 saturated carbocycles. The first-order valence-corrected chi connectivity index (χ1v) is 9.50. The number of carbonyl (C=O) groups excluding carboxylic acids is 1. The lowest BCUT2D eigenvalue weighted by molar-refractivity contribution is 0.0953. The number of imidazole rings is 1. The summed E-state index contributed by atoms with van der Waals surface area (Å²) in [4.78, 5) is 17.3. The second kappa shape index (κ2) is 7.68. The number of hydrogen-bond acceptors (Lipinski definition) is 3. The van der Waals surface area contributed by atoms with Gasteiger partial charge in [0.05, 0.1) is 28.8 Å². The maximum Gasteiger partial charge on any atom is 0.254 e. The molecule has 0 bridgehead atoms. The number of carbonyl (C=O) groups is 1.